The zero-order valence-corrected chi connectivity index (χ0v) is 9.15. The second kappa shape index (κ2) is 4.26. The van der Waals surface area contributed by atoms with E-state index in [0.29, 0.717) is 5.69 Å². The van der Waals surface area contributed by atoms with Gasteiger partial charge < -0.3 is 4.90 Å². The fourth-order valence-corrected chi connectivity index (χ4v) is 2.13. The summed E-state index contributed by atoms with van der Waals surface area (Å²) in [5.41, 5.74) is 0.494. The van der Waals surface area contributed by atoms with E-state index in [0.717, 1.165) is 0 Å². The first-order valence-corrected chi connectivity index (χ1v) is 5.58. The van der Waals surface area contributed by atoms with Crippen molar-refractivity contribution in [1.82, 2.24) is 4.83 Å². The minimum atomic E-state index is -3.86. The monoisotopic (exact) mass is 229 g/mol. The van der Waals surface area contributed by atoms with Gasteiger partial charge in [-0.25, -0.2) is 0 Å². The second-order valence-corrected chi connectivity index (χ2v) is 4.68. The van der Waals surface area contributed by atoms with Crippen LogP contribution < -0.4 is 9.73 Å². The minimum absolute atomic E-state index is 0.0228. The van der Waals surface area contributed by atoms with E-state index in [1.165, 1.54) is 6.07 Å². The van der Waals surface area contributed by atoms with Crippen molar-refractivity contribution in [3.8, 4) is 0 Å². The minimum Gasteiger partial charge on any atom is -0.377 e. The Morgan fingerprint density at radius 3 is 2.40 bits per heavy atom. The summed E-state index contributed by atoms with van der Waals surface area (Å²) in [5.74, 6) is 0. The molecule has 0 saturated heterocycles. The van der Waals surface area contributed by atoms with Crippen molar-refractivity contribution in [2.75, 3.05) is 19.0 Å². The summed E-state index contributed by atoms with van der Waals surface area (Å²) in [5, 5.41) is 2.18. The highest BCUT2D eigenvalue weighted by atomic mass is 32.2. The lowest BCUT2D eigenvalue weighted by Gasteiger charge is -2.16. The summed E-state index contributed by atoms with van der Waals surface area (Å²) in [4.78, 5) is 13.1. The van der Waals surface area contributed by atoms with E-state index in [9.17, 15) is 13.3 Å². The van der Waals surface area contributed by atoms with Crippen LogP contribution in [0.2, 0.25) is 0 Å². The maximum absolute atomic E-state index is 11.5. The van der Waals surface area contributed by atoms with Crippen LogP contribution in [-0.2, 0) is 10.0 Å². The molecule has 1 N–H and O–H groups in total. The van der Waals surface area contributed by atoms with E-state index in [1.54, 1.807) is 42.0 Å². The van der Waals surface area contributed by atoms with Crippen molar-refractivity contribution in [1.29, 1.82) is 0 Å². The van der Waals surface area contributed by atoms with Gasteiger partial charge in [0.05, 0.1) is 11.0 Å². The molecule has 0 spiro atoms. The Hall–Kier alpha value is -1.63. The van der Waals surface area contributed by atoms with Gasteiger partial charge in [0.15, 0.2) is 0 Å². The molecule has 1 aromatic carbocycles. The number of nitrogens with one attached hydrogen (secondary N) is 1. The molecule has 0 aliphatic heterocycles. The zero-order valence-electron chi connectivity index (χ0n) is 8.34. The van der Waals surface area contributed by atoms with E-state index in [-0.39, 0.29) is 4.90 Å². The number of anilines is 1. The first-order chi connectivity index (χ1) is 6.99. The smallest absolute Gasteiger partial charge is 0.281 e. The Balaban J connectivity index is 3.31. The first kappa shape index (κ1) is 11.4. The SMILES string of the molecule is CN(C)c1ccccc1S(=O)(=O)NN=O. The van der Waals surface area contributed by atoms with Crippen molar-refractivity contribution in [3.63, 3.8) is 0 Å². The standard InChI is InChI=1S/C8H11N3O3S/c1-11(2)7-5-3-4-6-8(7)15(13,14)10-9-12/h3-6H,1-2H3,(H,10,12). The van der Waals surface area contributed by atoms with Gasteiger partial charge in [0.2, 0.25) is 0 Å². The van der Waals surface area contributed by atoms with E-state index < -0.39 is 10.0 Å². The average molecular weight is 229 g/mol. The number of nitrogens with zero attached hydrogens (tertiary/aromatic N) is 2. The Bertz CT molecular complexity index is 456. The molecule has 0 radical (unpaired) electrons. The van der Waals surface area contributed by atoms with Gasteiger partial charge in [-0.2, -0.15) is 13.2 Å². The number of sulfonamides is 1. The number of nitroso groups, excluding NO2 is 1. The predicted molar refractivity (Wildman–Crippen MR) is 56.9 cm³/mol. The summed E-state index contributed by atoms with van der Waals surface area (Å²) in [6, 6.07) is 6.33. The quantitative estimate of drug-likeness (QED) is 0.609. The molecule has 0 unspecified atom stereocenters. The highest BCUT2D eigenvalue weighted by Crippen LogP contribution is 2.22. The number of hydrogen-bond acceptors (Lipinski definition) is 5. The third-order valence-electron chi connectivity index (χ3n) is 1.79. The van der Waals surface area contributed by atoms with Crippen LogP contribution in [0.5, 0.6) is 0 Å². The van der Waals surface area contributed by atoms with Gasteiger partial charge in [-0.1, -0.05) is 12.1 Å². The molecule has 1 aromatic rings. The maximum Gasteiger partial charge on any atom is 0.281 e. The van der Waals surface area contributed by atoms with Gasteiger partial charge in [-0.05, 0) is 12.1 Å². The van der Waals surface area contributed by atoms with E-state index in [4.69, 9.17) is 0 Å². The molecule has 0 bridgehead atoms. The first-order valence-electron chi connectivity index (χ1n) is 4.09. The van der Waals surface area contributed by atoms with Crippen LogP contribution in [-0.4, -0.2) is 22.5 Å². The molecule has 15 heavy (non-hydrogen) atoms. The van der Waals surface area contributed by atoms with Crippen molar-refractivity contribution >= 4 is 15.7 Å². The lowest BCUT2D eigenvalue weighted by molar-refractivity contribution is 0.584. The molecule has 82 valence electrons. The fraction of sp³-hybridized carbons (Fsp3) is 0.250. The van der Waals surface area contributed by atoms with Gasteiger partial charge in [0, 0.05) is 14.1 Å². The molecule has 0 aliphatic rings. The molecule has 0 aliphatic carbocycles. The van der Waals surface area contributed by atoms with Gasteiger partial charge in [0.25, 0.3) is 10.0 Å². The molecule has 0 atom stereocenters. The third-order valence-corrected chi connectivity index (χ3v) is 3.03. The lowest BCUT2D eigenvalue weighted by Crippen LogP contribution is -2.21. The molecule has 6 nitrogen and oxygen atoms in total. The molecule has 0 amide bonds. The van der Waals surface area contributed by atoms with Crippen molar-refractivity contribution in [2.45, 2.75) is 4.90 Å². The Labute approximate surface area is 87.9 Å². The number of benzene rings is 1. The van der Waals surface area contributed by atoms with Crippen molar-refractivity contribution in [3.05, 3.63) is 29.2 Å². The van der Waals surface area contributed by atoms with Crippen molar-refractivity contribution in [2.24, 2.45) is 5.29 Å². The lowest BCUT2D eigenvalue weighted by atomic mass is 10.3. The van der Waals surface area contributed by atoms with Crippen LogP contribution in [0, 0.1) is 4.91 Å². The summed E-state index contributed by atoms with van der Waals surface area (Å²) >= 11 is 0. The van der Waals surface area contributed by atoms with Crippen LogP contribution in [0.25, 0.3) is 0 Å². The van der Waals surface area contributed by atoms with Crippen LogP contribution >= 0.6 is 0 Å². The maximum atomic E-state index is 11.5. The van der Waals surface area contributed by atoms with Gasteiger partial charge in [-0.15, -0.1) is 4.91 Å². The third kappa shape index (κ3) is 2.44. The number of hydrogen-bond donors (Lipinski definition) is 1. The molecule has 0 saturated carbocycles. The predicted octanol–water partition coefficient (Wildman–Crippen LogP) is 0.712. The molecule has 0 fully saturated rings. The Kier molecular flexibility index (Phi) is 3.25. The molecule has 0 heterocycles. The fourth-order valence-electron chi connectivity index (χ4n) is 1.15. The summed E-state index contributed by atoms with van der Waals surface area (Å²) in [6.45, 7) is 0. The molecule has 7 heteroatoms. The molecule has 0 aromatic heterocycles. The average Bonchev–Trinajstić information content (AvgIpc) is 2.17. The van der Waals surface area contributed by atoms with Gasteiger partial charge in [-0.3, -0.25) is 0 Å². The largest absolute Gasteiger partial charge is 0.377 e. The topological polar surface area (TPSA) is 78.8 Å². The van der Waals surface area contributed by atoms with E-state index in [1.807, 2.05) is 0 Å². The summed E-state index contributed by atoms with van der Waals surface area (Å²) in [6.07, 6.45) is 0. The molecular formula is C8H11N3O3S. The number of para-hydroxylation sites is 1. The normalized spacial score (nSPS) is 10.8. The van der Waals surface area contributed by atoms with Crippen LogP contribution in [0.3, 0.4) is 0 Å². The second-order valence-electron chi connectivity index (χ2n) is 3.05. The Morgan fingerprint density at radius 2 is 1.87 bits per heavy atom. The zero-order chi connectivity index (χ0) is 11.5. The highest BCUT2D eigenvalue weighted by molar-refractivity contribution is 7.89. The van der Waals surface area contributed by atoms with Crippen molar-refractivity contribution < 1.29 is 8.42 Å². The van der Waals surface area contributed by atoms with Gasteiger partial charge in [0.1, 0.15) is 4.90 Å². The highest BCUT2D eigenvalue weighted by Gasteiger charge is 2.18. The Morgan fingerprint density at radius 1 is 1.27 bits per heavy atom. The van der Waals surface area contributed by atoms with E-state index >= 15 is 0 Å². The molecular weight excluding hydrogens is 218 g/mol. The van der Waals surface area contributed by atoms with Gasteiger partial charge >= 0.3 is 0 Å². The summed E-state index contributed by atoms with van der Waals surface area (Å²) in [7, 11) is -0.435. The van der Waals surface area contributed by atoms with Crippen LogP contribution in [0.15, 0.2) is 34.4 Å². The summed E-state index contributed by atoms with van der Waals surface area (Å²) < 4.78 is 23.1. The van der Waals surface area contributed by atoms with E-state index in [2.05, 4.69) is 5.29 Å². The number of rotatable bonds is 4. The molecule has 1 rings (SSSR count). The van der Waals surface area contributed by atoms with Crippen LogP contribution in [0.1, 0.15) is 0 Å². The van der Waals surface area contributed by atoms with Crippen LogP contribution in [0.4, 0.5) is 5.69 Å².